The van der Waals surface area contributed by atoms with Crippen molar-refractivity contribution in [3.63, 3.8) is 0 Å². The van der Waals surface area contributed by atoms with Crippen LogP contribution >= 0.6 is 0 Å². The summed E-state index contributed by atoms with van der Waals surface area (Å²) in [5.74, 6) is -0.338. The van der Waals surface area contributed by atoms with E-state index in [4.69, 9.17) is 0 Å². The van der Waals surface area contributed by atoms with Crippen LogP contribution in [0.2, 0.25) is 0 Å². The molecule has 0 unspecified atom stereocenters. The number of nitro groups is 1. The lowest BCUT2D eigenvalue weighted by Gasteiger charge is -2.31. The van der Waals surface area contributed by atoms with Gasteiger partial charge in [0.05, 0.1) is 16.9 Å². The number of carbonyl (C=O) groups is 1. The van der Waals surface area contributed by atoms with E-state index in [1.54, 1.807) is 13.8 Å². The molecule has 0 fully saturated rings. The summed E-state index contributed by atoms with van der Waals surface area (Å²) >= 11 is 0. The number of rotatable bonds is 8. The molecule has 0 saturated carbocycles. The van der Waals surface area contributed by atoms with Crippen molar-refractivity contribution in [2.45, 2.75) is 53.0 Å². The molecule has 1 N–H and O–H groups in total. The Morgan fingerprint density at radius 3 is 2.32 bits per heavy atom. The molecule has 0 bridgehead atoms. The molecule has 0 radical (unpaired) electrons. The molecule has 0 aliphatic heterocycles. The zero-order valence-electron chi connectivity index (χ0n) is 18.7. The van der Waals surface area contributed by atoms with Crippen LogP contribution < -0.4 is 9.62 Å². The molecule has 2 rings (SSSR count). The maximum Gasteiger partial charge on any atom is 0.271 e. The average Bonchev–Trinajstić information content (AvgIpc) is 2.66. The Balaban J connectivity index is 2.57. The van der Waals surface area contributed by atoms with Gasteiger partial charge in [0, 0.05) is 17.8 Å². The second-order valence-corrected chi connectivity index (χ2v) is 9.75. The summed E-state index contributed by atoms with van der Waals surface area (Å²) in [6.45, 7) is 9.26. The number of carbonyl (C=O) groups excluding carboxylic acids is 1. The Hall–Kier alpha value is -2.94. The molecule has 31 heavy (non-hydrogen) atoms. The number of benzene rings is 2. The number of nitrogens with zero attached hydrogens (tertiary/aromatic N) is 2. The summed E-state index contributed by atoms with van der Waals surface area (Å²) in [7, 11) is -3.92. The molecule has 168 valence electrons. The van der Waals surface area contributed by atoms with Crippen molar-refractivity contribution in [3.05, 3.63) is 63.2 Å². The standard InChI is InChI=1S/C22H29N3O5S/c1-7-19(22(26)23-21-16(5)9-8-10-18(21)14(2)3)24(31(6,29)30)20-13-17(25(27)28)12-11-15(20)4/h8-14,19H,7H2,1-6H3,(H,23,26)/t19-/m1/s1. The van der Waals surface area contributed by atoms with E-state index in [1.807, 2.05) is 39.0 Å². The SMILES string of the molecule is CC[C@H](C(=O)Nc1c(C)cccc1C(C)C)N(c1cc([N+](=O)[O-])ccc1C)S(C)(=O)=O. The summed E-state index contributed by atoms with van der Waals surface area (Å²) in [6, 6.07) is 8.62. The second kappa shape index (κ2) is 9.47. The van der Waals surface area contributed by atoms with Gasteiger partial charge in [-0.2, -0.15) is 0 Å². The van der Waals surface area contributed by atoms with Gasteiger partial charge in [-0.05, 0) is 42.9 Å². The second-order valence-electron chi connectivity index (χ2n) is 7.89. The van der Waals surface area contributed by atoms with E-state index < -0.39 is 26.9 Å². The minimum Gasteiger partial charge on any atom is -0.324 e. The van der Waals surface area contributed by atoms with Crippen LogP contribution in [-0.2, 0) is 14.8 Å². The number of para-hydroxylation sites is 1. The maximum atomic E-state index is 13.3. The first-order chi connectivity index (χ1) is 14.4. The van der Waals surface area contributed by atoms with Gasteiger partial charge in [-0.3, -0.25) is 19.2 Å². The van der Waals surface area contributed by atoms with Crippen LogP contribution in [0.4, 0.5) is 17.1 Å². The molecule has 1 amide bonds. The van der Waals surface area contributed by atoms with Crippen LogP contribution in [0, 0.1) is 24.0 Å². The molecule has 8 nitrogen and oxygen atoms in total. The van der Waals surface area contributed by atoms with E-state index in [1.165, 1.54) is 18.2 Å². The molecule has 2 aromatic rings. The van der Waals surface area contributed by atoms with Gasteiger partial charge >= 0.3 is 0 Å². The molecule has 1 atom stereocenters. The van der Waals surface area contributed by atoms with E-state index in [2.05, 4.69) is 5.32 Å². The number of non-ortho nitro benzene ring substituents is 1. The molecule has 0 aliphatic rings. The molecule has 0 aliphatic carbocycles. The van der Waals surface area contributed by atoms with Crippen LogP contribution in [0.15, 0.2) is 36.4 Å². The lowest BCUT2D eigenvalue weighted by molar-refractivity contribution is -0.384. The fourth-order valence-electron chi connectivity index (χ4n) is 3.53. The lowest BCUT2D eigenvalue weighted by Crippen LogP contribution is -2.47. The Morgan fingerprint density at radius 2 is 1.81 bits per heavy atom. The van der Waals surface area contributed by atoms with Crippen LogP contribution in [0.5, 0.6) is 0 Å². The highest BCUT2D eigenvalue weighted by Gasteiger charge is 2.34. The zero-order chi connectivity index (χ0) is 23.5. The smallest absolute Gasteiger partial charge is 0.271 e. The molecule has 2 aromatic carbocycles. The van der Waals surface area contributed by atoms with Gasteiger partial charge in [0.15, 0.2) is 0 Å². The quantitative estimate of drug-likeness (QED) is 0.473. The van der Waals surface area contributed by atoms with Gasteiger partial charge in [-0.1, -0.05) is 45.0 Å². The third-order valence-corrected chi connectivity index (χ3v) is 6.31. The highest BCUT2D eigenvalue weighted by Crippen LogP contribution is 2.32. The largest absolute Gasteiger partial charge is 0.324 e. The predicted octanol–water partition coefficient (Wildman–Crippen LogP) is 4.52. The van der Waals surface area contributed by atoms with Crippen molar-refractivity contribution < 1.29 is 18.1 Å². The van der Waals surface area contributed by atoms with Gasteiger partial charge in [0.2, 0.25) is 15.9 Å². The first-order valence-electron chi connectivity index (χ1n) is 10.0. The van der Waals surface area contributed by atoms with Gasteiger partial charge in [-0.25, -0.2) is 8.42 Å². The van der Waals surface area contributed by atoms with Crippen LogP contribution in [0.3, 0.4) is 0 Å². The fourth-order valence-corrected chi connectivity index (χ4v) is 4.79. The van der Waals surface area contributed by atoms with E-state index in [0.717, 1.165) is 21.7 Å². The molecule has 0 heterocycles. The Kier molecular flexibility index (Phi) is 7.43. The molecular weight excluding hydrogens is 418 g/mol. The number of nitro benzene ring substituents is 1. The van der Waals surface area contributed by atoms with E-state index >= 15 is 0 Å². The minimum atomic E-state index is -3.92. The molecule has 0 spiro atoms. The molecular formula is C22H29N3O5S. The molecule has 0 aromatic heterocycles. The van der Waals surface area contributed by atoms with Crippen molar-refractivity contribution in [1.29, 1.82) is 0 Å². The van der Waals surface area contributed by atoms with Crippen molar-refractivity contribution in [2.75, 3.05) is 15.9 Å². The average molecular weight is 448 g/mol. The van der Waals surface area contributed by atoms with Crippen molar-refractivity contribution in [2.24, 2.45) is 0 Å². The van der Waals surface area contributed by atoms with E-state index in [0.29, 0.717) is 11.3 Å². The number of hydrogen-bond acceptors (Lipinski definition) is 5. The maximum absolute atomic E-state index is 13.3. The summed E-state index contributed by atoms with van der Waals surface area (Å²) in [6.07, 6.45) is 1.18. The summed E-state index contributed by atoms with van der Waals surface area (Å²) < 4.78 is 26.5. The van der Waals surface area contributed by atoms with Gasteiger partial charge in [-0.15, -0.1) is 0 Å². The van der Waals surface area contributed by atoms with Crippen molar-refractivity contribution >= 4 is 33.0 Å². The predicted molar refractivity (Wildman–Crippen MR) is 123 cm³/mol. The topological polar surface area (TPSA) is 110 Å². The van der Waals surface area contributed by atoms with Crippen molar-refractivity contribution in [1.82, 2.24) is 0 Å². The lowest BCUT2D eigenvalue weighted by atomic mass is 9.98. The fraction of sp³-hybridized carbons (Fsp3) is 0.409. The summed E-state index contributed by atoms with van der Waals surface area (Å²) in [5, 5.41) is 14.2. The summed E-state index contributed by atoms with van der Waals surface area (Å²) in [4.78, 5) is 24.0. The molecule has 0 saturated heterocycles. The third kappa shape index (κ3) is 5.41. The van der Waals surface area contributed by atoms with Gasteiger partial charge < -0.3 is 5.32 Å². The number of aryl methyl sites for hydroxylation is 2. The van der Waals surface area contributed by atoms with Crippen LogP contribution in [-0.4, -0.2) is 31.5 Å². The first-order valence-corrected chi connectivity index (χ1v) is 11.9. The number of anilines is 2. The highest BCUT2D eigenvalue weighted by molar-refractivity contribution is 7.92. The van der Waals surface area contributed by atoms with Crippen LogP contribution in [0.25, 0.3) is 0 Å². The number of amides is 1. The first kappa shape index (κ1) is 24.3. The number of hydrogen-bond donors (Lipinski definition) is 1. The third-order valence-electron chi connectivity index (χ3n) is 5.15. The minimum absolute atomic E-state index is 0.118. The normalized spacial score (nSPS) is 12.5. The van der Waals surface area contributed by atoms with E-state index in [9.17, 15) is 23.3 Å². The Bertz CT molecular complexity index is 1100. The number of sulfonamides is 1. The Labute approximate surface area is 183 Å². The monoisotopic (exact) mass is 447 g/mol. The molecule has 9 heteroatoms. The van der Waals surface area contributed by atoms with Crippen LogP contribution in [0.1, 0.15) is 49.8 Å². The number of nitrogens with one attached hydrogen (secondary N) is 1. The Morgan fingerprint density at radius 1 is 1.16 bits per heavy atom. The van der Waals surface area contributed by atoms with Gasteiger partial charge in [0.25, 0.3) is 5.69 Å². The zero-order valence-corrected chi connectivity index (χ0v) is 19.5. The summed E-state index contributed by atoms with van der Waals surface area (Å²) in [5.41, 5.74) is 2.86. The van der Waals surface area contributed by atoms with E-state index in [-0.39, 0.29) is 23.7 Å². The highest BCUT2D eigenvalue weighted by atomic mass is 32.2. The van der Waals surface area contributed by atoms with Gasteiger partial charge in [0.1, 0.15) is 6.04 Å². The van der Waals surface area contributed by atoms with Crippen molar-refractivity contribution in [3.8, 4) is 0 Å².